The zero-order valence-corrected chi connectivity index (χ0v) is 47.8. The number of methoxy groups -OCH3 is 2. The number of nitrogens with zero attached hydrogens (tertiary/aromatic N) is 6. The Morgan fingerprint density at radius 3 is 1.42 bits per heavy atom. The lowest BCUT2D eigenvalue weighted by Gasteiger charge is -2.16. The van der Waals surface area contributed by atoms with E-state index in [1.165, 1.54) is 99.7 Å². The van der Waals surface area contributed by atoms with E-state index in [1.54, 1.807) is 55.1 Å². The van der Waals surface area contributed by atoms with Crippen molar-refractivity contribution in [3.63, 3.8) is 0 Å². The van der Waals surface area contributed by atoms with Crippen LogP contribution in [0.2, 0.25) is 0 Å². The van der Waals surface area contributed by atoms with Crippen LogP contribution < -0.4 is 32.5 Å². The summed E-state index contributed by atoms with van der Waals surface area (Å²) < 4.78 is 73.8. The number of halogens is 1. The van der Waals surface area contributed by atoms with Gasteiger partial charge in [-0.1, -0.05) is 48.5 Å². The van der Waals surface area contributed by atoms with Gasteiger partial charge < -0.3 is 36.3 Å². The number of carbonyl (C=O) groups is 6. The summed E-state index contributed by atoms with van der Waals surface area (Å²) in [6.07, 6.45) is 15.0. The van der Waals surface area contributed by atoms with Crippen LogP contribution in [0.25, 0.3) is 0 Å². The molecule has 0 spiro atoms. The summed E-state index contributed by atoms with van der Waals surface area (Å²) in [6, 6.07) is 22.8. The number of aromatic nitrogens is 4. The van der Waals surface area contributed by atoms with Crippen molar-refractivity contribution >= 4 is 92.3 Å². The molecule has 0 saturated heterocycles. The molecule has 448 valence electrons. The number of pyridine rings is 4. The van der Waals surface area contributed by atoms with Crippen molar-refractivity contribution < 1.29 is 69.3 Å². The van der Waals surface area contributed by atoms with Crippen LogP contribution in [0.5, 0.6) is 0 Å². The van der Waals surface area contributed by atoms with Crippen LogP contribution in [0.4, 0.5) is 11.6 Å². The number of carbonyl (C=O) groups excluding carboxylic acids is 5. The molecule has 10 N–H and O–H groups in total. The second-order valence-corrected chi connectivity index (χ2v) is 20.1. The van der Waals surface area contributed by atoms with Gasteiger partial charge in [0, 0.05) is 54.9 Å². The quantitative estimate of drug-likeness (QED) is 0.0114. The average Bonchev–Trinajstić information content (AvgIpc) is 3.68. The number of hydrogen-bond donors (Lipinski definition) is 9. The van der Waals surface area contributed by atoms with Crippen molar-refractivity contribution in [2.45, 2.75) is 73.2 Å². The van der Waals surface area contributed by atoms with Crippen LogP contribution in [0.15, 0.2) is 154 Å². The third-order valence-corrected chi connectivity index (χ3v) is 13.0. The molecule has 0 radical (unpaired) electrons. The number of benzene rings is 2. The van der Waals surface area contributed by atoms with Gasteiger partial charge in [-0.2, -0.15) is 27.0 Å². The molecule has 84 heavy (non-hydrogen) atoms. The van der Waals surface area contributed by atoms with E-state index in [4.69, 9.17) is 20.3 Å². The highest BCUT2D eigenvalue weighted by atomic mass is 35.5. The Morgan fingerprint density at radius 2 is 1.04 bits per heavy atom. The molecule has 0 fully saturated rings. The summed E-state index contributed by atoms with van der Waals surface area (Å²) >= 11 is 0. The lowest BCUT2D eigenvalue weighted by atomic mass is 10.1. The SMILES string of the molecule is COC(=O)C(CCCCN)NC(=O)c1ccc(NN=Cc2ccccc2S(=O)(=O)O)nc1.COC(=O)C(CCCCNC(=O)Cc1cccnc1)NC(=O)c1ccc(NN=Cc2ccccc2S(=O)(=O)O)nc1.Cl.O=C(O)Cc1cccnc1. The standard InChI is InChI=1S/C27H30N6O7S.C20H25N5O6S.C7H7NO2.ClH/c1-40-27(36)22(9-4-5-14-29-25(34)15-19-7-6-13-28-16-19)32-26(35)21-11-12-24(30-17-21)33-31-18-20-8-2-3-10-23(20)41(37,38)39;1-31-20(27)16(7-4-5-11-21)24-19(26)15-9-10-18(22-12-15)25-23-13-14-6-2-3-8-17(14)32(28,29)30;9-7(10)4-6-2-1-3-8-5-6;/h2-3,6-8,10-13,16-18,22H,4-5,9,14-15H2,1H3,(H,29,34)(H,30,33)(H,32,35)(H,37,38,39);2-3,6,8-10,12-13,16H,4-5,7,11,21H2,1H3,(H,22,25)(H,24,26)(H,28,29,30);1-3,5H,4H2,(H,9,10);1H. The van der Waals surface area contributed by atoms with Crippen molar-refractivity contribution in [2.24, 2.45) is 15.9 Å². The van der Waals surface area contributed by atoms with Gasteiger partial charge in [0.25, 0.3) is 32.1 Å². The number of esters is 2. The number of rotatable bonds is 27. The Bertz CT molecular complexity index is 3370. The molecule has 6 rings (SSSR count). The fourth-order valence-corrected chi connectivity index (χ4v) is 8.39. The molecular weight excluding hydrogens is 1160 g/mol. The van der Waals surface area contributed by atoms with Crippen molar-refractivity contribution in [2.75, 3.05) is 38.2 Å². The molecule has 0 saturated carbocycles. The molecule has 0 bridgehead atoms. The molecule has 3 amide bonds. The number of carboxylic acids is 1. The number of hydrazone groups is 2. The van der Waals surface area contributed by atoms with Gasteiger partial charge in [-0.05, 0) is 105 Å². The van der Waals surface area contributed by atoms with Crippen molar-refractivity contribution in [3.05, 3.63) is 168 Å². The van der Waals surface area contributed by atoms with Gasteiger partial charge in [0.2, 0.25) is 5.91 Å². The zero-order valence-electron chi connectivity index (χ0n) is 45.3. The number of amides is 3. The summed E-state index contributed by atoms with van der Waals surface area (Å²) in [6.45, 7) is 0.910. The smallest absolute Gasteiger partial charge is 0.328 e. The van der Waals surface area contributed by atoms with Crippen LogP contribution in [0.3, 0.4) is 0 Å². The third-order valence-electron chi connectivity index (χ3n) is 11.1. The van der Waals surface area contributed by atoms with E-state index < -0.39 is 62.0 Å². The molecule has 30 heteroatoms. The minimum atomic E-state index is -4.42. The highest BCUT2D eigenvalue weighted by Gasteiger charge is 2.24. The zero-order chi connectivity index (χ0) is 60.6. The predicted octanol–water partition coefficient (Wildman–Crippen LogP) is 4.28. The van der Waals surface area contributed by atoms with Gasteiger partial charge >= 0.3 is 17.9 Å². The number of unbranched alkanes of at least 4 members (excludes halogenated alkanes) is 2. The Labute approximate surface area is 490 Å². The molecule has 2 unspecified atom stereocenters. The third kappa shape index (κ3) is 25.3. The largest absolute Gasteiger partial charge is 0.481 e. The maximum atomic E-state index is 12.7. The van der Waals surface area contributed by atoms with E-state index in [2.05, 4.69) is 56.9 Å². The number of anilines is 2. The Balaban J connectivity index is 0.000000380. The van der Waals surface area contributed by atoms with Gasteiger partial charge in [0.15, 0.2) is 0 Å². The summed E-state index contributed by atoms with van der Waals surface area (Å²) in [7, 11) is -6.32. The molecule has 6 aromatic rings. The molecule has 0 aliphatic heterocycles. The van der Waals surface area contributed by atoms with Gasteiger partial charge in [-0.3, -0.25) is 49.1 Å². The second kappa shape index (κ2) is 36.4. The van der Waals surface area contributed by atoms with Crippen LogP contribution in [0, 0.1) is 0 Å². The first-order chi connectivity index (χ1) is 39.7. The number of ether oxygens (including phenoxy) is 2. The molecule has 0 aliphatic carbocycles. The maximum absolute atomic E-state index is 12.7. The van der Waals surface area contributed by atoms with E-state index in [1.807, 2.05) is 6.07 Å². The van der Waals surface area contributed by atoms with Gasteiger partial charge in [0.1, 0.15) is 33.5 Å². The monoisotopic (exact) mass is 1220 g/mol. The molecule has 2 atom stereocenters. The first kappa shape index (κ1) is 69.1. The highest BCUT2D eigenvalue weighted by Crippen LogP contribution is 2.16. The van der Waals surface area contributed by atoms with E-state index in [0.717, 1.165) is 17.5 Å². The van der Waals surface area contributed by atoms with Gasteiger partial charge in [-0.15, -0.1) is 12.4 Å². The Hall–Kier alpha value is -9.13. The van der Waals surface area contributed by atoms with Crippen LogP contribution in [-0.2, 0) is 61.7 Å². The minimum Gasteiger partial charge on any atom is -0.481 e. The predicted molar refractivity (Wildman–Crippen MR) is 310 cm³/mol. The van der Waals surface area contributed by atoms with E-state index >= 15 is 0 Å². The minimum absolute atomic E-state index is 0. The fraction of sp³-hybridized carbons (Fsp3) is 0.259. The van der Waals surface area contributed by atoms with E-state index in [-0.39, 0.29) is 74.8 Å². The number of nitrogens with one attached hydrogen (secondary N) is 5. The average molecular weight is 1220 g/mol. The normalized spacial score (nSPS) is 11.6. The molecule has 4 heterocycles. The number of nitrogens with two attached hydrogens (primary N) is 1. The lowest BCUT2D eigenvalue weighted by Crippen LogP contribution is -2.41. The summed E-state index contributed by atoms with van der Waals surface area (Å²) in [4.78, 5) is 86.8. The summed E-state index contributed by atoms with van der Waals surface area (Å²) in [5.41, 5.74) is 13.0. The molecule has 27 nitrogen and oxygen atoms in total. The Kier molecular flexibility index (Phi) is 29.9. The number of aliphatic carboxylic acids is 1. The first-order valence-electron chi connectivity index (χ1n) is 25.1. The highest BCUT2D eigenvalue weighted by molar-refractivity contribution is 7.86. The van der Waals surface area contributed by atoms with Gasteiger partial charge in [-0.25, -0.2) is 19.6 Å². The van der Waals surface area contributed by atoms with E-state index in [0.29, 0.717) is 45.2 Å². The fourth-order valence-electron chi connectivity index (χ4n) is 7.06. The first-order valence-corrected chi connectivity index (χ1v) is 28.0. The molecule has 2 aromatic carbocycles. The van der Waals surface area contributed by atoms with Crippen LogP contribution >= 0.6 is 12.4 Å². The summed E-state index contributed by atoms with van der Waals surface area (Å²) in [5.74, 6) is -2.56. The van der Waals surface area contributed by atoms with Crippen LogP contribution in [0.1, 0.15) is 81.5 Å². The topological polar surface area (TPSA) is 412 Å². The molecular formula is C54H63ClN12O15S2. The molecule has 0 aliphatic rings. The van der Waals surface area contributed by atoms with Crippen molar-refractivity contribution in [1.29, 1.82) is 0 Å². The maximum Gasteiger partial charge on any atom is 0.328 e. The second-order valence-electron chi connectivity index (χ2n) is 17.3. The van der Waals surface area contributed by atoms with Crippen molar-refractivity contribution in [3.8, 4) is 0 Å². The van der Waals surface area contributed by atoms with Gasteiger partial charge in [0.05, 0.1) is 50.6 Å². The Morgan fingerprint density at radius 1 is 0.595 bits per heavy atom. The number of carboxylic acid groups (broad SMARTS) is 1. The molecule has 4 aromatic heterocycles. The van der Waals surface area contributed by atoms with E-state index in [9.17, 15) is 54.7 Å². The lowest BCUT2D eigenvalue weighted by molar-refractivity contribution is -0.143. The number of hydrogen-bond acceptors (Lipinski definition) is 21. The van der Waals surface area contributed by atoms with Crippen molar-refractivity contribution in [1.82, 2.24) is 35.9 Å². The van der Waals surface area contributed by atoms with Crippen LogP contribution in [-0.4, -0.2) is 138 Å². The summed E-state index contributed by atoms with van der Waals surface area (Å²) in [5, 5.41) is 24.2.